The molecule has 2 atom stereocenters. The summed E-state index contributed by atoms with van der Waals surface area (Å²) in [6.45, 7) is 0.771. The van der Waals surface area contributed by atoms with Gasteiger partial charge in [0.2, 0.25) is 0 Å². The van der Waals surface area contributed by atoms with Crippen LogP contribution in [0.5, 0.6) is 0 Å². The Morgan fingerprint density at radius 1 is 1.14 bits per heavy atom. The molecular formula is C13H17N. The van der Waals surface area contributed by atoms with Crippen LogP contribution in [0, 0.1) is 0 Å². The summed E-state index contributed by atoms with van der Waals surface area (Å²) in [7, 11) is 0. The van der Waals surface area contributed by atoms with E-state index in [0.717, 1.165) is 24.8 Å². The maximum absolute atomic E-state index is 5.58. The van der Waals surface area contributed by atoms with Gasteiger partial charge in [-0.2, -0.15) is 0 Å². The normalized spacial score (nSPS) is 28.1. The van der Waals surface area contributed by atoms with E-state index in [2.05, 4.69) is 18.2 Å². The highest BCUT2D eigenvalue weighted by molar-refractivity contribution is 5.43. The molecule has 0 spiro atoms. The van der Waals surface area contributed by atoms with E-state index in [-0.39, 0.29) is 0 Å². The van der Waals surface area contributed by atoms with Crippen molar-refractivity contribution in [2.24, 2.45) is 5.73 Å². The van der Waals surface area contributed by atoms with Crippen LogP contribution >= 0.6 is 0 Å². The molecule has 0 heterocycles. The fourth-order valence-electron chi connectivity index (χ4n) is 3.22. The Morgan fingerprint density at radius 3 is 2.71 bits per heavy atom. The van der Waals surface area contributed by atoms with Crippen molar-refractivity contribution >= 4 is 0 Å². The molecule has 0 amide bonds. The van der Waals surface area contributed by atoms with E-state index in [1.54, 1.807) is 11.1 Å². The van der Waals surface area contributed by atoms with Crippen LogP contribution in [0.15, 0.2) is 18.2 Å². The van der Waals surface area contributed by atoms with E-state index in [4.69, 9.17) is 5.73 Å². The second-order valence-corrected chi connectivity index (χ2v) is 4.71. The van der Waals surface area contributed by atoms with Crippen molar-refractivity contribution in [2.45, 2.75) is 37.5 Å². The minimum Gasteiger partial charge on any atom is -0.330 e. The van der Waals surface area contributed by atoms with Crippen LogP contribution < -0.4 is 5.73 Å². The second-order valence-electron chi connectivity index (χ2n) is 4.71. The molecule has 0 radical (unpaired) electrons. The van der Waals surface area contributed by atoms with E-state index in [1.165, 1.54) is 24.8 Å². The summed E-state index contributed by atoms with van der Waals surface area (Å²) in [5.74, 6) is 1.77. The van der Waals surface area contributed by atoms with Gasteiger partial charge >= 0.3 is 0 Å². The van der Waals surface area contributed by atoms with Gasteiger partial charge in [0.1, 0.15) is 0 Å². The number of benzene rings is 1. The van der Waals surface area contributed by atoms with Gasteiger partial charge in [0.25, 0.3) is 0 Å². The van der Waals surface area contributed by atoms with Crippen LogP contribution in [-0.2, 0) is 6.42 Å². The Kier molecular flexibility index (Phi) is 1.88. The summed E-state index contributed by atoms with van der Waals surface area (Å²) >= 11 is 0. The van der Waals surface area contributed by atoms with Gasteiger partial charge in [-0.05, 0) is 60.8 Å². The van der Waals surface area contributed by atoms with Crippen molar-refractivity contribution in [2.75, 3.05) is 6.54 Å². The Hall–Kier alpha value is -0.820. The number of rotatable bonds is 2. The quantitative estimate of drug-likeness (QED) is 0.756. The number of nitrogens with two attached hydrogens (primary N) is 1. The third kappa shape index (κ3) is 1.12. The molecule has 0 aliphatic heterocycles. The van der Waals surface area contributed by atoms with Gasteiger partial charge in [-0.15, -0.1) is 0 Å². The van der Waals surface area contributed by atoms with Crippen LogP contribution in [0.2, 0.25) is 0 Å². The van der Waals surface area contributed by atoms with Crippen LogP contribution in [-0.4, -0.2) is 6.54 Å². The second kappa shape index (κ2) is 3.09. The molecule has 0 aromatic heterocycles. The molecule has 1 saturated carbocycles. The standard InChI is InChI=1S/C13H17N/c14-6-5-9-1-4-12-10-2-3-11(8-10)13(12)7-9/h1,4,7,10-11H,2-3,5-6,8,14H2. The highest BCUT2D eigenvalue weighted by Crippen LogP contribution is 2.52. The van der Waals surface area contributed by atoms with Crippen molar-refractivity contribution < 1.29 is 0 Å². The molecule has 1 aromatic carbocycles. The SMILES string of the molecule is NCCc1ccc2c(c1)C1CCC2C1. The highest BCUT2D eigenvalue weighted by Gasteiger charge is 2.36. The number of fused-ring (bicyclic) bond motifs is 5. The first-order chi connectivity index (χ1) is 6.88. The van der Waals surface area contributed by atoms with E-state index >= 15 is 0 Å². The van der Waals surface area contributed by atoms with Crippen LogP contribution in [0.4, 0.5) is 0 Å². The molecule has 3 rings (SSSR count). The molecular weight excluding hydrogens is 170 g/mol. The van der Waals surface area contributed by atoms with Crippen LogP contribution in [0.3, 0.4) is 0 Å². The average Bonchev–Trinajstić information content (AvgIpc) is 2.78. The highest BCUT2D eigenvalue weighted by atomic mass is 14.5. The maximum Gasteiger partial charge on any atom is -0.00367 e. The van der Waals surface area contributed by atoms with E-state index in [0.29, 0.717) is 0 Å². The van der Waals surface area contributed by atoms with Crippen molar-refractivity contribution in [3.05, 3.63) is 34.9 Å². The number of hydrogen-bond acceptors (Lipinski definition) is 1. The summed E-state index contributed by atoms with van der Waals surface area (Å²) in [5.41, 5.74) is 10.3. The predicted octanol–water partition coefficient (Wildman–Crippen LogP) is 2.55. The van der Waals surface area contributed by atoms with Gasteiger partial charge in [-0.25, -0.2) is 0 Å². The van der Waals surface area contributed by atoms with Crippen molar-refractivity contribution in [1.82, 2.24) is 0 Å². The average molecular weight is 187 g/mol. The molecule has 1 aromatic rings. The predicted molar refractivity (Wildman–Crippen MR) is 58.5 cm³/mol. The molecule has 1 nitrogen and oxygen atoms in total. The van der Waals surface area contributed by atoms with Crippen molar-refractivity contribution in [3.63, 3.8) is 0 Å². The Balaban J connectivity index is 2.00. The van der Waals surface area contributed by atoms with Gasteiger partial charge in [-0.3, -0.25) is 0 Å². The lowest BCUT2D eigenvalue weighted by atomic mass is 9.90. The zero-order chi connectivity index (χ0) is 9.54. The fraction of sp³-hybridized carbons (Fsp3) is 0.538. The van der Waals surface area contributed by atoms with Gasteiger partial charge in [0, 0.05) is 0 Å². The van der Waals surface area contributed by atoms with Gasteiger partial charge in [0.05, 0.1) is 0 Å². The third-order valence-electron chi connectivity index (χ3n) is 3.90. The molecule has 2 aliphatic rings. The first kappa shape index (κ1) is 8.49. The molecule has 14 heavy (non-hydrogen) atoms. The van der Waals surface area contributed by atoms with Gasteiger partial charge in [0.15, 0.2) is 0 Å². The van der Waals surface area contributed by atoms with Crippen molar-refractivity contribution in [1.29, 1.82) is 0 Å². The topological polar surface area (TPSA) is 26.0 Å². The van der Waals surface area contributed by atoms with E-state index in [1.807, 2.05) is 0 Å². The Morgan fingerprint density at radius 2 is 1.93 bits per heavy atom. The molecule has 74 valence electrons. The lowest BCUT2D eigenvalue weighted by Crippen LogP contribution is -2.04. The zero-order valence-electron chi connectivity index (χ0n) is 8.50. The molecule has 1 heteroatoms. The summed E-state index contributed by atoms with van der Waals surface area (Å²) < 4.78 is 0. The molecule has 1 fully saturated rings. The molecule has 2 N–H and O–H groups in total. The molecule has 2 unspecified atom stereocenters. The van der Waals surface area contributed by atoms with E-state index in [9.17, 15) is 0 Å². The minimum absolute atomic E-state index is 0.771. The smallest absolute Gasteiger partial charge is 0.00367 e. The lowest BCUT2D eigenvalue weighted by molar-refractivity contribution is 0.715. The van der Waals surface area contributed by atoms with Gasteiger partial charge < -0.3 is 5.73 Å². The molecule has 2 bridgehead atoms. The zero-order valence-corrected chi connectivity index (χ0v) is 8.50. The van der Waals surface area contributed by atoms with E-state index < -0.39 is 0 Å². The summed E-state index contributed by atoms with van der Waals surface area (Å²) in [5, 5.41) is 0. The third-order valence-corrected chi connectivity index (χ3v) is 3.90. The largest absolute Gasteiger partial charge is 0.330 e. The van der Waals surface area contributed by atoms with Gasteiger partial charge in [-0.1, -0.05) is 18.2 Å². The first-order valence-corrected chi connectivity index (χ1v) is 5.71. The lowest BCUT2D eigenvalue weighted by Gasteiger charge is -2.15. The monoisotopic (exact) mass is 187 g/mol. The van der Waals surface area contributed by atoms with Crippen LogP contribution in [0.1, 0.15) is 47.8 Å². The summed E-state index contributed by atoms with van der Waals surface area (Å²) in [6.07, 6.45) is 5.30. The molecule has 2 aliphatic carbocycles. The van der Waals surface area contributed by atoms with Crippen LogP contribution in [0.25, 0.3) is 0 Å². The summed E-state index contributed by atoms with van der Waals surface area (Å²) in [4.78, 5) is 0. The Labute approximate surface area is 85.3 Å². The number of hydrogen-bond donors (Lipinski definition) is 1. The minimum atomic E-state index is 0.771. The fourth-order valence-corrected chi connectivity index (χ4v) is 3.22. The molecule has 0 saturated heterocycles. The Bertz CT molecular complexity index is 356. The maximum atomic E-state index is 5.58. The van der Waals surface area contributed by atoms with Crippen molar-refractivity contribution in [3.8, 4) is 0 Å². The first-order valence-electron chi connectivity index (χ1n) is 5.71. The summed E-state index contributed by atoms with van der Waals surface area (Å²) in [6, 6.07) is 7.03.